The molecule has 0 aliphatic carbocycles. The second-order valence-corrected chi connectivity index (χ2v) is 4.07. The number of rotatable bonds is 5. The average molecular weight is 260 g/mol. The van der Waals surface area contributed by atoms with Crippen LogP contribution in [0.25, 0.3) is 0 Å². The van der Waals surface area contributed by atoms with Gasteiger partial charge >= 0.3 is 5.97 Å². The number of esters is 1. The van der Waals surface area contributed by atoms with Crippen molar-refractivity contribution in [1.29, 1.82) is 0 Å². The van der Waals surface area contributed by atoms with E-state index < -0.39 is 6.10 Å². The van der Waals surface area contributed by atoms with Crippen LogP contribution in [0.3, 0.4) is 0 Å². The molecule has 19 heavy (non-hydrogen) atoms. The van der Waals surface area contributed by atoms with E-state index in [-0.39, 0.29) is 5.97 Å². The summed E-state index contributed by atoms with van der Waals surface area (Å²) in [6.45, 7) is 8.60. The van der Waals surface area contributed by atoms with Crippen molar-refractivity contribution in [2.75, 3.05) is 19.6 Å². The summed E-state index contributed by atoms with van der Waals surface area (Å²) < 4.78 is 5.23. The SMILES string of the molecule is CCN(CC)CC#C[C@H](C)OC(=O)c1ccncc1. The van der Waals surface area contributed by atoms with Crippen molar-refractivity contribution in [2.24, 2.45) is 0 Å². The molecule has 1 heterocycles. The van der Waals surface area contributed by atoms with Crippen LogP contribution < -0.4 is 0 Å². The largest absolute Gasteiger partial charge is 0.446 e. The summed E-state index contributed by atoms with van der Waals surface area (Å²) in [6.07, 6.45) is 2.72. The predicted molar refractivity (Wildman–Crippen MR) is 74.7 cm³/mol. The number of carbonyl (C=O) groups is 1. The Labute approximate surface area is 114 Å². The lowest BCUT2D eigenvalue weighted by atomic mass is 10.3. The Morgan fingerprint density at radius 3 is 2.58 bits per heavy atom. The van der Waals surface area contributed by atoms with Gasteiger partial charge in [-0.05, 0) is 32.1 Å². The molecule has 0 aliphatic rings. The van der Waals surface area contributed by atoms with E-state index in [2.05, 4.69) is 35.6 Å². The highest BCUT2D eigenvalue weighted by Crippen LogP contribution is 2.01. The summed E-state index contributed by atoms with van der Waals surface area (Å²) in [6, 6.07) is 3.25. The van der Waals surface area contributed by atoms with Gasteiger partial charge in [-0.2, -0.15) is 0 Å². The molecule has 0 aliphatic heterocycles. The number of pyridine rings is 1. The molecule has 0 spiro atoms. The second-order valence-electron chi connectivity index (χ2n) is 4.07. The monoisotopic (exact) mass is 260 g/mol. The van der Waals surface area contributed by atoms with Crippen LogP contribution in [0.4, 0.5) is 0 Å². The molecule has 0 radical (unpaired) electrons. The molecule has 0 bridgehead atoms. The standard InChI is InChI=1S/C15H20N2O2/c1-4-17(5-2)12-6-7-13(3)19-15(18)14-8-10-16-11-9-14/h8-11,13H,4-5,12H2,1-3H3/t13-/m0/s1. The fourth-order valence-electron chi connectivity index (χ4n) is 1.49. The maximum absolute atomic E-state index is 11.7. The van der Waals surface area contributed by atoms with Gasteiger partial charge in [0, 0.05) is 12.4 Å². The molecule has 1 aromatic rings. The highest BCUT2D eigenvalue weighted by Gasteiger charge is 2.09. The number of hydrogen-bond acceptors (Lipinski definition) is 4. The minimum atomic E-state index is -0.406. The molecular formula is C15H20N2O2. The van der Waals surface area contributed by atoms with Gasteiger partial charge in [0.15, 0.2) is 6.10 Å². The molecular weight excluding hydrogens is 240 g/mol. The molecule has 0 saturated carbocycles. The van der Waals surface area contributed by atoms with Gasteiger partial charge in [-0.25, -0.2) is 4.79 Å². The minimum absolute atomic E-state index is 0.368. The molecule has 1 atom stereocenters. The van der Waals surface area contributed by atoms with Gasteiger partial charge in [0.2, 0.25) is 0 Å². The zero-order valence-electron chi connectivity index (χ0n) is 11.7. The summed E-state index contributed by atoms with van der Waals surface area (Å²) >= 11 is 0. The van der Waals surface area contributed by atoms with Gasteiger partial charge in [-0.3, -0.25) is 9.88 Å². The molecule has 0 aromatic carbocycles. The Hall–Kier alpha value is -1.86. The van der Waals surface area contributed by atoms with E-state index in [1.165, 1.54) is 0 Å². The first-order valence-corrected chi connectivity index (χ1v) is 6.49. The third-order valence-electron chi connectivity index (χ3n) is 2.70. The maximum Gasteiger partial charge on any atom is 0.339 e. The van der Waals surface area contributed by atoms with Crippen molar-refractivity contribution in [2.45, 2.75) is 26.9 Å². The predicted octanol–water partition coefficient (Wildman–Crippen LogP) is 1.97. The fraction of sp³-hybridized carbons (Fsp3) is 0.467. The van der Waals surface area contributed by atoms with Gasteiger partial charge < -0.3 is 4.74 Å². The average Bonchev–Trinajstić information content (AvgIpc) is 2.44. The Morgan fingerprint density at radius 1 is 1.37 bits per heavy atom. The summed E-state index contributed by atoms with van der Waals surface area (Å²) in [4.78, 5) is 17.8. The van der Waals surface area contributed by atoms with E-state index in [4.69, 9.17) is 4.74 Å². The van der Waals surface area contributed by atoms with E-state index in [9.17, 15) is 4.79 Å². The first-order valence-electron chi connectivity index (χ1n) is 6.49. The molecule has 0 fully saturated rings. The van der Waals surface area contributed by atoms with Gasteiger partial charge in [0.25, 0.3) is 0 Å². The van der Waals surface area contributed by atoms with E-state index in [1.54, 1.807) is 31.5 Å². The van der Waals surface area contributed by atoms with Gasteiger partial charge in [0.05, 0.1) is 12.1 Å². The summed E-state index contributed by atoms with van der Waals surface area (Å²) in [5.74, 6) is 5.59. The molecule has 4 nitrogen and oxygen atoms in total. The van der Waals surface area contributed by atoms with Crippen LogP contribution in [0, 0.1) is 11.8 Å². The molecule has 102 valence electrons. The van der Waals surface area contributed by atoms with E-state index in [0.29, 0.717) is 12.1 Å². The lowest BCUT2D eigenvalue weighted by Crippen LogP contribution is -2.23. The molecule has 1 aromatic heterocycles. The Bertz CT molecular complexity index is 444. The third kappa shape index (κ3) is 5.54. The van der Waals surface area contributed by atoms with Crippen molar-refractivity contribution >= 4 is 5.97 Å². The zero-order chi connectivity index (χ0) is 14.1. The van der Waals surface area contributed by atoms with Gasteiger partial charge in [0.1, 0.15) is 0 Å². The van der Waals surface area contributed by atoms with Crippen molar-refractivity contribution in [1.82, 2.24) is 9.88 Å². The zero-order valence-corrected chi connectivity index (χ0v) is 11.7. The quantitative estimate of drug-likeness (QED) is 0.599. The molecule has 1 rings (SSSR count). The highest BCUT2D eigenvalue weighted by molar-refractivity contribution is 5.89. The smallest absolute Gasteiger partial charge is 0.339 e. The number of aromatic nitrogens is 1. The Balaban J connectivity index is 2.45. The lowest BCUT2D eigenvalue weighted by Gasteiger charge is -2.13. The van der Waals surface area contributed by atoms with Crippen LogP contribution >= 0.6 is 0 Å². The first-order chi connectivity index (χ1) is 9.17. The molecule has 0 N–H and O–H groups in total. The first kappa shape index (κ1) is 15.2. The molecule has 0 saturated heterocycles. The fourth-order valence-corrected chi connectivity index (χ4v) is 1.49. The van der Waals surface area contributed by atoms with Crippen LogP contribution in [0.1, 0.15) is 31.1 Å². The molecule has 4 heteroatoms. The van der Waals surface area contributed by atoms with Gasteiger partial charge in [-0.15, -0.1) is 0 Å². The third-order valence-corrected chi connectivity index (χ3v) is 2.70. The molecule has 0 amide bonds. The van der Waals surface area contributed by atoms with Crippen LogP contribution in [-0.4, -0.2) is 41.6 Å². The number of nitrogens with zero attached hydrogens (tertiary/aromatic N) is 2. The van der Waals surface area contributed by atoms with Crippen molar-refractivity contribution in [3.05, 3.63) is 30.1 Å². The van der Waals surface area contributed by atoms with E-state index >= 15 is 0 Å². The maximum atomic E-state index is 11.7. The summed E-state index contributed by atoms with van der Waals surface area (Å²) in [5, 5.41) is 0. The van der Waals surface area contributed by atoms with Crippen molar-refractivity contribution in [3.8, 4) is 11.8 Å². The number of hydrogen-bond donors (Lipinski definition) is 0. The van der Waals surface area contributed by atoms with E-state index in [0.717, 1.165) is 13.1 Å². The van der Waals surface area contributed by atoms with Crippen molar-refractivity contribution in [3.63, 3.8) is 0 Å². The van der Waals surface area contributed by atoms with Crippen LogP contribution in [-0.2, 0) is 4.74 Å². The molecule has 0 unspecified atom stereocenters. The van der Waals surface area contributed by atoms with Gasteiger partial charge in [-0.1, -0.05) is 25.7 Å². The topological polar surface area (TPSA) is 42.4 Å². The van der Waals surface area contributed by atoms with Crippen LogP contribution in [0.2, 0.25) is 0 Å². The van der Waals surface area contributed by atoms with E-state index in [1.807, 2.05) is 0 Å². The summed E-state index contributed by atoms with van der Waals surface area (Å²) in [7, 11) is 0. The lowest BCUT2D eigenvalue weighted by molar-refractivity contribution is 0.0438. The number of carbonyl (C=O) groups excluding carboxylic acids is 1. The Morgan fingerprint density at radius 2 is 2.00 bits per heavy atom. The second kappa shape index (κ2) is 8.28. The van der Waals surface area contributed by atoms with Crippen LogP contribution in [0.15, 0.2) is 24.5 Å². The normalized spacial score (nSPS) is 11.6. The van der Waals surface area contributed by atoms with Crippen LogP contribution in [0.5, 0.6) is 0 Å². The Kier molecular flexibility index (Phi) is 6.62. The minimum Gasteiger partial charge on any atom is -0.446 e. The number of ether oxygens (including phenoxy) is 1. The summed E-state index contributed by atoms with van der Waals surface area (Å²) in [5.41, 5.74) is 0.493. The highest BCUT2D eigenvalue weighted by atomic mass is 16.5. The van der Waals surface area contributed by atoms with Crippen molar-refractivity contribution < 1.29 is 9.53 Å².